The van der Waals surface area contributed by atoms with E-state index in [1.54, 1.807) is 0 Å². The Morgan fingerprint density at radius 1 is 1.47 bits per heavy atom. The van der Waals surface area contributed by atoms with E-state index in [2.05, 4.69) is 26.1 Å². The highest BCUT2D eigenvalue weighted by Crippen LogP contribution is 2.24. The maximum atomic E-state index is 12.0. The van der Waals surface area contributed by atoms with Crippen molar-refractivity contribution in [1.82, 2.24) is 4.90 Å². The van der Waals surface area contributed by atoms with Gasteiger partial charge < -0.3 is 10.4 Å². The number of hydrogen-bond donors (Lipinski definition) is 2. The third-order valence-corrected chi connectivity index (χ3v) is 3.93. The first kappa shape index (κ1) is 14.5. The smallest absolute Gasteiger partial charge is 0.238 e. The highest BCUT2D eigenvalue weighted by molar-refractivity contribution is 9.10. The van der Waals surface area contributed by atoms with Gasteiger partial charge in [0.2, 0.25) is 5.91 Å². The fourth-order valence-corrected chi connectivity index (χ4v) is 2.62. The van der Waals surface area contributed by atoms with Gasteiger partial charge in [0, 0.05) is 22.7 Å². The summed E-state index contributed by atoms with van der Waals surface area (Å²) in [4.78, 5) is 14.1. The van der Waals surface area contributed by atoms with E-state index in [4.69, 9.17) is 5.11 Å². The van der Waals surface area contributed by atoms with Gasteiger partial charge in [0.05, 0.1) is 13.2 Å². The molecule has 0 bridgehead atoms. The Morgan fingerprint density at radius 3 is 2.84 bits per heavy atom. The monoisotopic (exact) mass is 326 g/mol. The molecule has 0 unspecified atom stereocenters. The van der Waals surface area contributed by atoms with Crippen LogP contribution in [0.5, 0.6) is 0 Å². The Morgan fingerprint density at radius 2 is 2.26 bits per heavy atom. The first-order valence-corrected chi connectivity index (χ1v) is 7.38. The lowest BCUT2D eigenvalue weighted by Crippen LogP contribution is -2.45. The molecule has 19 heavy (non-hydrogen) atoms. The van der Waals surface area contributed by atoms with Crippen molar-refractivity contribution in [3.05, 3.63) is 28.7 Å². The van der Waals surface area contributed by atoms with Gasteiger partial charge in [-0.1, -0.05) is 28.4 Å². The topological polar surface area (TPSA) is 52.6 Å². The van der Waals surface area contributed by atoms with E-state index in [1.165, 1.54) is 6.42 Å². The molecule has 0 radical (unpaired) electrons. The van der Waals surface area contributed by atoms with E-state index in [1.807, 2.05) is 24.3 Å². The SMILES string of the molecule is O=C(CN(CCO)C1CCC1)Nc1cccc(Br)c1. The fraction of sp³-hybridized carbons (Fsp3) is 0.500. The van der Waals surface area contributed by atoms with Gasteiger partial charge in [0.15, 0.2) is 0 Å². The second-order valence-electron chi connectivity index (χ2n) is 4.84. The molecule has 1 aliphatic rings. The van der Waals surface area contributed by atoms with Crippen molar-refractivity contribution in [2.75, 3.05) is 25.0 Å². The average Bonchev–Trinajstić information content (AvgIpc) is 2.26. The van der Waals surface area contributed by atoms with Crippen LogP contribution in [0.3, 0.4) is 0 Å². The van der Waals surface area contributed by atoms with Crippen LogP contribution in [-0.4, -0.2) is 41.7 Å². The Balaban J connectivity index is 1.88. The molecule has 0 aliphatic heterocycles. The molecule has 1 saturated carbocycles. The zero-order chi connectivity index (χ0) is 13.7. The van der Waals surface area contributed by atoms with E-state index < -0.39 is 0 Å². The predicted octanol–water partition coefficient (Wildman–Crippen LogP) is 2.23. The molecule has 4 nitrogen and oxygen atoms in total. The molecular weight excluding hydrogens is 308 g/mol. The number of aliphatic hydroxyl groups is 1. The molecule has 1 fully saturated rings. The van der Waals surface area contributed by atoms with E-state index in [9.17, 15) is 4.79 Å². The summed E-state index contributed by atoms with van der Waals surface area (Å²) < 4.78 is 0.941. The van der Waals surface area contributed by atoms with Crippen LogP contribution in [0.25, 0.3) is 0 Å². The number of halogens is 1. The van der Waals surface area contributed by atoms with Gasteiger partial charge in [0.1, 0.15) is 0 Å². The van der Waals surface area contributed by atoms with Crippen molar-refractivity contribution >= 4 is 27.5 Å². The van der Waals surface area contributed by atoms with E-state index in [0.717, 1.165) is 23.0 Å². The highest BCUT2D eigenvalue weighted by Gasteiger charge is 2.25. The van der Waals surface area contributed by atoms with Crippen LogP contribution in [0.1, 0.15) is 19.3 Å². The zero-order valence-electron chi connectivity index (χ0n) is 10.8. The quantitative estimate of drug-likeness (QED) is 0.842. The lowest BCUT2D eigenvalue weighted by Gasteiger charge is -2.36. The van der Waals surface area contributed by atoms with Crippen molar-refractivity contribution in [3.63, 3.8) is 0 Å². The number of carbonyl (C=O) groups is 1. The lowest BCUT2D eigenvalue weighted by atomic mass is 9.91. The summed E-state index contributed by atoms with van der Waals surface area (Å²) in [6.45, 7) is 1.01. The van der Waals surface area contributed by atoms with Gasteiger partial charge in [-0.2, -0.15) is 0 Å². The predicted molar refractivity (Wildman–Crippen MR) is 79.1 cm³/mol. The Labute approximate surface area is 121 Å². The summed E-state index contributed by atoms with van der Waals surface area (Å²) in [5, 5.41) is 11.9. The number of nitrogens with zero attached hydrogens (tertiary/aromatic N) is 1. The summed E-state index contributed by atoms with van der Waals surface area (Å²) in [5.74, 6) is -0.0292. The van der Waals surface area contributed by atoms with Crippen LogP contribution in [0.4, 0.5) is 5.69 Å². The lowest BCUT2D eigenvalue weighted by molar-refractivity contribution is -0.118. The minimum absolute atomic E-state index is 0.0292. The Bertz CT molecular complexity index is 435. The molecule has 5 heteroatoms. The largest absolute Gasteiger partial charge is 0.395 e. The molecule has 2 rings (SSSR count). The van der Waals surface area contributed by atoms with Crippen LogP contribution >= 0.6 is 15.9 Å². The van der Waals surface area contributed by atoms with Gasteiger partial charge in [-0.3, -0.25) is 9.69 Å². The number of rotatable bonds is 6. The molecule has 1 amide bonds. The van der Waals surface area contributed by atoms with Crippen molar-refractivity contribution in [3.8, 4) is 0 Å². The standard InChI is InChI=1S/C14H19BrN2O2/c15-11-3-1-4-12(9-11)16-14(19)10-17(7-8-18)13-5-2-6-13/h1,3-4,9,13,18H,2,5-8,10H2,(H,16,19). The first-order valence-electron chi connectivity index (χ1n) is 6.59. The minimum atomic E-state index is -0.0292. The van der Waals surface area contributed by atoms with Crippen LogP contribution in [0.15, 0.2) is 28.7 Å². The molecule has 0 aromatic heterocycles. The third kappa shape index (κ3) is 4.30. The summed E-state index contributed by atoms with van der Waals surface area (Å²) >= 11 is 3.38. The molecule has 1 aromatic rings. The second-order valence-corrected chi connectivity index (χ2v) is 5.75. The molecule has 0 saturated heterocycles. The van der Waals surface area contributed by atoms with Crippen molar-refractivity contribution in [2.24, 2.45) is 0 Å². The summed E-state index contributed by atoms with van der Waals surface area (Å²) in [6.07, 6.45) is 3.48. The average molecular weight is 327 g/mol. The molecule has 0 spiro atoms. The number of anilines is 1. The molecule has 0 atom stereocenters. The number of carbonyl (C=O) groups excluding carboxylic acids is 1. The van der Waals surface area contributed by atoms with Crippen molar-refractivity contribution in [2.45, 2.75) is 25.3 Å². The van der Waals surface area contributed by atoms with Gasteiger partial charge in [0.25, 0.3) is 0 Å². The van der Waals surface area contributed by atoms with Gasteiger partial charge in [-0.05, 0) is 31.0 Å². The second kappa shape index (κ2) is 7.03. The zero-order valence-corrected chi connectivity index (χ0v) is 12.4. The Kier molecular flexibility index (Phi) is 5.36. The number of aliphatic hydroxyl groups excluding tert-OH is 1. The van der Waals surface area contributed by atoms with E-state index in [0.29, 0.717) is 19.1 Å². The maximum Gasteiger partial charge on any atom is 0.238 e. The number of amides is 1. The van der Waals surface area contributed by atoms with Gasteiger partial charge in [-0.15, -0.1) is 0 Å². The molecule has 1 aliphatic carbocycles. The highest BCUT2D eigenvalue weighted by atomic mass is 79.9. The van der Waals surface area contributed by atoms with Crippen LogP contribution in [0.2, 0.25) is 0 Å². The fourth-order valence-electron chi connectivity index (χ4n) is 2.22. The number of benzene rings is 1. The molecular formula is C14H19BrN2O2. The third-order valence-electron chi connectivity index (χ3n) is 3.43. The van der Waals surface area contributed by atoms with Crippen LogP contribution in [0, 0.1) is 0 Å². The molecule has 1 aromatic carbocycles. The summed E-state index contributed by atoms with van der Waals surface area (Å²) in [7, 11) is 0. The van der Waals surface area contributed by atoms with Gasteiger partial charge >= 0.3 is 0 Å². The van der Waals surface area contributed by atoms with Crippen LogP contribution in [-0.2, 0) is 4.79 Å². The molecule has 2 N–H and O–H groups in total. The summed E-state index contributed by atoms with van der Waals surface area (Å²) in [6, 6.07) is 8.00. The Hall–Kier alpha value is -0.910. The van der Waals surface area contributed by atoms with Crippen LogP contribution < -0.4 is 5.32 Å². The molecule has 104 valence electrons. The van der Waals surface area contributed by atoms with Gasteiger partial charge in [-0.25, -0.2) is 0 Å². The van der Waals surface area contributed by atoms with E-state index in [-0.39, 0.29) is 12.5 Å². The number of hydrogen-bond acceptors (Lipinski definition) is 3. The minimum Gasteiger partial charge on any atom is -0.395 e. The number of nitrogens with one attached hydrogen (secondary N) is 1. The maximum absolute atomic E-state index is 12.0. The van der Waals surface area contributed by atoms with E-state index >= 15 is 0 Å². The molecule has 0 heterocycles. The first-order chi connectivity index (χ1) is 9.19. The normalized spacial score (nSPS) is 15.3. The van der Waals surface area contributed by atoms with Crippen molar-refractivity contribution < 1.29 is 9.90 Å². The summed E-state index contributed by atoms with van der Waals surface area (Å²) in [5.41, 5.74) is 0.789. The van der Waals surface area contributed by atoms with Crippen molar-refractivity contribution in [1.29, 1.82) is 0 Å².